The molecule has 86 valence electrons. The highest BCUT2D eigenvalue weighted by molar-refractivity contribution is 6.34. The van der Waals surface area contributed by atoms with E-state index in [-0.39, 0.29) is 6.10 Å². The molecular formula is C13H11ClN2O. The molecule has 1 unspecified atom stereocenters. The van der Waals surface area contributed by atoms with Crippen LogP contribution in [0.2, 0.25) is 5.02 Å². The van der Waals surface area contributed by atoms with Crippen molar-refractivity contribution < 1.29 is 4.74 Å². The Balaban J connectivity index is 1.96. The van der Waals surface area contributed by atoms with Gasteiger partial charge in [-0.3, -0.25) is 4.98 Å². The summed E-state index contributed by atoms with van der Waals surface area (Å²) in [6, 6.07) is 9.41. The number of nitrogen functional groups attached to an aromatic ring is 1. The van der Waals surface area contributed by atoms with E-state index in [4.69, 9.17) is 22.1 Å². The van der Waals surface area contributed by atoms with Gasteiger partial charge in [0.25, 0.3) is 0 Å². The van der Waals surface area contributed by atoms with Crippen molar-refractivity contribution in [2.75, 3.05) is 5.73 Å². The van der Waals surface area contributed by atoms with Gasteiger partial charge in [-0.05, 0) is 24.3 Å². The molecule has 0 amide bonds. The number of benzene rings is 1. The number of rotatable bonds is 1. The van der Waals surface area contributed by atoms with E-state index in [0.717, 1.165) is 23.4 Å². The summed E-state index contributed by atoms with van der Waals surface area (Å²) in [7, 11) is 0. The van der Waals surface area contributed by atoms with Crippen molar-refractivity contribution in [3.8, 4) is 5.75 Å². The Morgan fingerprint density at radius 1 is 1.29 bits per heavy atom. The molecule has 3 nitrogen and oxygen atoms in total. The summed E-state index contributed by atoms with van der Waals surface area (Å²) >= 11 is 6.17. The lowest BCUT2D eigenvalue weighted by atomic mass is 10.1. The number of ether oxygens (including phenoxy) is 1. The predicted molar refractivity (Wildman–Crippen MR) is 67.2 cm³/mol. The molecule has 1 aliphatic heterocycles. The second-order valence-corrected chi connectivity index (χ2v) is 4.39. The molecule has 2 heterocycles. The smallest absolute Gasteiger partial charge is 0.145 e. The molecule has 0 fully saturated rings. The minimum atomic E-state index is -0.0644. The van der Waals surface area contributed by atoms with Gasteiger partial charge in [-0.2, -0.15) is 0 Å². The van der Waals surface area contributed by atoms with Crippen LogP contribution in [0.25, 0.3) is 0 Å². The molecular weight excluding hydrogens is 236 g/mol. The first-order valence-corrected chi connectivity index (χ1v) is 5.78. The normalized spacial score (nSPS) is 17.6. The Kier molecular flexibility index (Phi) is 2.41. The summed E-state index contributed by atoms with van der Waals surface area (Å²) in [6.45, 7) is 0. The summed E-state index contributed by atoms with van der Waals surface area (Å²) in [5.74, 6) is 0.805. The number of fused-ring (bicyclic) bond motifs is 1. The average molecular weight is 247 g/mol. The average Bonchev–Trinajstić information content (AvgIpc) is 2.80. The molecule has 1 aliphatic rings. The zero-order valence-corrected chi connectivity index (χ0v) is 9.82. The third-order valence-corrected chi connectivity index (χ3v) is 3.35. The maximum Gasteiger partial charge on any atom is 0.145 e. The van der Waals surface area contributed by atoms with Crippen molar-refractivity contribution in [1.29, 1.82) is 0 Å². The summed E-state index contributed by atoms with van der Waals surface area (Å²) in [5.41, 5.74) is 8.26. The fraction of sp³-hybridized carbons (Fsp3) is 0.154. The molecule has 0 aliphatic carbocycles. The molecule has 4 heteroatoms. The Morgan fingerprint density at radius 2 is 2.18 bits per heavy atom. The lowest BCUT2D eigenvalue weighted by molar-refractivity contribution is 0.233. The standard InChI is InChI=1S/C13H11ClN2O/c14-13-8-7-12(10-3-1-2-6-16-10)17-11(8)5-4-9(13)15/h1-6,12H,7,15H2. The predicted octanol–water partition coefficient (Wildman–Crippen LogP) is 2.99. The van der Waals surface area contributed by atoms with Gasteiger partial charge in [0.15, 0.2) is 0 Å². The first kappa shape index (κ1) is 10.4. The van der Waals surface area contributed by atoms with Crippen LogP contribution in [0.1, 0.15) is 17.4 Å². The van der Waals surface area contributed by atoms with Gasteiger partial charge in [-0.25, -0.2) is 0 Å². The molecule has 3 rings (SSSR count). The van der Waals surface area contributed by atoms with Gasteiger partial charge in [-0.1, -0.05) is 17.7 Å². The van der Waals surface area contributed by atoms with Crippen LogP contribution in [-0.4, -0.2) is 4.98 Å². The van der Waals surface area contributed by atoms with Gasteiger partial charge in [0.05, 0.1) is 16.4 Å². The van der Waals surface area contributed by atoms with Crippen LogP contribution in [0.3, 0.4) is 0 Å². The molecule has 2 aromatic rings. The second kappa shape index (κ2) is 3.93. The SMILES string of the molecule is Nc1ccc2c(c1Cl)CC(c1ccccn1)O2. The van der Waals surface area contributed by atoms with Gasteiger partial charge >= 0.3 is 0 Å². The number of aromatic nitrogens is 1. The molecule has 1 aromatic heterocycles. The minimum absolute atomic E-state index is 0.0644. The van der Waals surface area contributed by atoms with Gasteiger partial charge in [-0.15, -0.1) is 0 Å². The monoisotopic (exact) mass is 246 g/mol. The van der Waals surface area contributed by atoms with Crippen molar-refractivity contribution in [1.82, 2.24) is 4.98 Å². The largest absolute Gasteiger partial charge is 0.483 e. The third-order valence-electron chi connectivity index (χ3n) is 2.91. The van der Waals surface area contributed by atoms with Crippen LogP contribution < -0.4 is 10.5 Å². The van der Waals surface area contributed by atoms with Crippen LogP contribution >= 0.6 is 11.6 Å². The van der Waals surface area contributed by atoms with Crippen LogP contribution in [0.15, 0.2) is 36.5 Å². The molecule has 17 heavy (non-hydrogen) atoms. The number of anilines is 1. The van der Waals surface area contributed by atoms with E-state index < -0.39 is 0 Å². The van der Waals surface area contributed by atoms with Gasteiger partial charge < -0.3 is 10.5 Å². The van der Waals surface area contributed by atoms with Gasteiger partial charge in [0.2, 0.25) is 0 Å². The minimum Gasteiger partial charge on any atom is -0.483 e. The van der Waals surface area contributed by atoms with Crippen LogP contribution in [0.5, 0.6) is 5.75 Å². The van der Waals surface area contributed by atoms with Crippen molar-refractivity contribution in [3.05, 3.63) is 52.8 Å². The Bertz CT molecular complexity index is 557. The number of halogens is 1. The summed E-state index contributed by atoms with van der Waals surface area (Å²) < 4.78 is 5.83. The number of hydrogen-bond acceptors (Lipinski definition) is 3. The maximum absolute atomic E-state index is 6.17. The lowest BCUT2D eigenvalue weighted by Crippen LogP contribution is -2.04. The van der Waals surface area contributed by atoms with E-state index in [0.29, 0.717) is 10.7 Å². The van der Waals surface area contributed by atoms with E-state index in [2.05, 4.69) is 4.98 Å². The van der Waals surface area contributed by atoms with E-state index in [9.17, 15) is 0 Å². The van der Waals surface area contributed by atoms with Gasteiger partial charge in [0.1, 0.15) is 11.9 Å². The topological polar surface area (TPSA) is 48.1 Å². The number of pyridine rings is 1. The Hall–Kier alpha value is -1.74. The number of hydrogen-bond donors (Lipinski definition) is 1. The highest BCUT2D eigenvalue weighted by Gasteiger charge is 2.27. The molecule has 0 radical (unpaired) electrons. The van der Waals surface area contributed by atoms with E-state index in [1.165, 1.54) is 0 Å². The molecule has 0 bridgehead atoms. The zero-order chi connectivity index (χ0) is 11.8. The Labute approximate surface area is 104 Å². The molecule has 0 spiro atoms. The molecule has 1 aromatic carbocycles. The summed E-state index contributed by atoms with van der Waals surface area (Å²) in [5, 5.41) is 0.598. The Morgan fingerprint density at radius 3 is 2.94 bits per heavy atom. The third kappa shape index (κ3) is 1.72. The van der Waals surface area contributed by atoms with Crippen molar-refractivity contribution in [3.63, 3.8) is 0 Å². The number of nitrogens with two attached hydrogens (primary N) is 1. The van der Waals surface area contributed by atoms with Crippen molar-refractivity contribution in [2.45, 2.75) is 12.5 Å². The highest BCUT2D eigenvalue weighted by atomic mass is 35.5. The second-order valence-electron chi connectivity index (χ2n) is 4.01. The summed E-state index contributed by atoms with van der Waals surface area (Å²) in [6.07, 6.45) is 2.42. The van der Waals surface area contributed by atoms with Crippen molar-refractivity contribution in [2.24, 2.45) is 0 Å². The van der Waals surface area contributed by atoms with E-state index >= 15 is 0 Å². The molecule has 1 atom stereocenters. The quantitative estimate of drug-likeness (QED) is 0.787. The molecule has 0 saturated carbocycles. The molecule has 2 N–H and O–H groups in total. The summed E-state index contributed by atoms with van der Waals surface area (Å²) in [4.78, 5) is 4.30. The van der Waals surface area contributed by atoms with Crippen LogP contribution in [0.4, 0.5) is 5.69 Å². The van der Waals surface area contributed by atoms with E-state index in [1.54, 1.807) is 12.3 Å². The zero-order valence-electron chi connectivity index (χ0n) is 9.06. The first-order chi connectivity index (χ1) is 8.25. The first-order valence-electron chi connectivity index (χ1n) is 5.40. The maximum atomic E-state index is 6.17. The van der Waals surface area contributed by atoms with Gasteiger partial charge in [0, 0.05) is 18.2 Å². The van der Waals surface area contributed by atoms with Crippen LogP contribution in [-0.2, 0) is 6.42 Å². The molecule has 0 saturated heterocycles. The van der Waals surface area contributed by atoms with Crippen molar-refractivity contribution >= 4 is 17.3 Å². The number of nitrogens with zero attached hydrogens (tertiary/aromatic N) is 1. The van der Waals surface area contributed by atoms with E-state index in [1.807, 2.05) is 24.3 Å². The fourth-order valence-electron chi connectivity index (χ4n) is 2.03. The highest BCUT2D eigenvalue weighted by Crippen LogP contribution is 2.41. The lowest BCUT2D eigenvalue weighted by Gasteiger charge is -2.08. The van der Waals surface area contributed by atoms with Crippen LogP contribution in [0, 0.1) is 0 Å². The fourth-order valence-corrected chi connectivity index (χ4v) is 2.27.